The van der Waals surface area contributed by atoms with Gasteiger partial charge in [-0.2, -0.15) is 0 Å². The van der Waals surface area contributed by atoms with Gasteiger partial charge in [0.1, 0.15) is 16.7 Å². The number of aromatic nitrogens is 4. The maximum Gasteiger partial charge on any atom is 0.266 e. The molecule has 0 aliphatic rings. The summed E-state index contributed by atoms with van der Waals surface area (Å²) in [6.45, 7) is 0. The summed E-state index contributed by atoms with van der Waals surface area (Å²) in [4.78, 5) is 14.6. The van der Waals surface area contributed by atoms with Gasteiger partial charge in [-0.3, -0.25) is 5.14 Å². The molecule has 0 amide bonds. The fourth-order valence-corrected chi connectivity index (χ4v) is 1.65. The zero-order chi connectivity index (χ0) is 11.4. The van der Waals surface area contributed by atoms with Crippen molar-refractivity contribution in [1.82, 2.24) is 19.9 Å². The molecule has 0 saturated heterocycles. The summed E-state index contributed by atoms with van der Waals surface area (Å²) in [6.07, 6.45) is 5.01. The molecule has 0 bridgehead atoms. The quantitative estimate of drug-likeness (QED) is 0.396. The second-order valence-corrected chi connectivity index (χ2v) is 3.94. The third-order valence-electron chi connectivity index (χ3n) is 2.16. The standard InChI is InChI=1S/C8H12BN6S/c10-9-5-3-12-6(14-5)1-2-7-13-4-8(15-7)16-11/h3-4H,1-2,10-11H2,(H,12,14)(H,13,15). The first-order valence-electron chi connectivity index (χ1n) is 4.81. The molecule has 16 heavy (non-hydrogen) atoms. The summed E-state index contributed by atoms with van der Waals surface area (Å²) in [5.41, 5.74) is 6.19. The highest BCUT2D eigenvalue weighted by atomic mass is 32.2. The molecule has 2 aromatic heterocycles. The van der Waals surface area contributed by atoms with Crippen molar-refractivity contribution in [3.8, 4) is 0 Å². The smallest absolute Gasteiger partial charge is 0.266 e. The number of imidazole rings is 2. The molecule has 0 aliphatic carbocycles. The molecule has 0 aliphatic heterocycles. The van der Waals surface area contributed by atoms with Crippen LogP contribution in [0.15, 0.2) is 17.4 Å². The van der Waals surface area contributed by atoms with E-state index in [0.717, 1.165) is 47.1 Å². The van der Waals surface area contributed by atoms with E-state index in [-0.39, 0.29) is 0 Å². The number of nitrogens with two attached hydrogens (primary N) is 2. The minimum Gasteiger partial charge on any atom is -0.369 e. The molecule has 2 heterocycles. The summed E-state index contributed by atoms with van der Waals surface area (Å²) in [5.74, 6) is 1.80. The van der Waals surface area contributed by atoms with E-state index in [9.17, 15) is 0 Å². The Morgan fingerprint density at radius 3 is 2.44 bits per heavy atom. The number of rotatable bonds is 5. The van der Waals surface area contributed by atoms with Gasteiger partial charge in [0.05, 0.1) is 6.20 Å². The fraction of sp³-hybridized carbons (Fsp3) is 0.250. The zero-order valence-corrected chi connectivity index (χ0v) is 9.42. The molecule has 1 radical (unpaired) electrons. The lowest BCUT2D eigenvalue weighted by molar-refractivity contribution is 0.831. The van der Waals surface area contributed by atoms with Crippen molar-refractivity contribution in [2.45, 2.75) is 17.9 Å². The van der Waals surface area contributed by atoms with Crippen molar-refractivity contribution in [2.75, 3.05) is 0 Å². The molecule has 8 heteroatoms. The van der Waals surface area contributed by atoms with Crippen LogP contribution in [0.5, 0.6) is 0 Å². The average molecular weight is 235 g/mol. The van der Waals surface area contributed by atoms with E-state index in [4.69, 9.17) is 10.8 Å². The van der Waals surface area contributed by atoms with Crippen molar-refractivity contribution >= 4 is 25.0 Å². The summed E-state index contributed by atoms with van der Waals surface area (Å²) in [6, 6.07) is 0. The number of hydrogen-bond donors (Lipinski definition) is 4. The van der Waals surface area contributed by atoms with Crippen LogP contribution < -0.4 is 16.4 Å². The molecule has 0 aromatic carbocycles. The second kappa shape index (κ2) is 5.19. The van der Waals surface area contributed by atoms with E-state index in [1.54, 1.807) is 12.4 Å². The Hall–Kier alpha value is -1.25. The summed E-state index contributed by atoms with van der Waals surface area (Å²) >= 11 is 1.16. The first-order valence-corrected chi connectivity index (χ1v) is 5.69. The number of aromatic amines is 2. The predicted molar refractivity (Wildman–Crippen MR) is 64.2 cm³/mol. The first kappa shape index (κ1) is 11.2. The van der Waals surface area contributed by atoms with Crippen molar-refractivity contribution in [2.24, 2.45) is 10.8 Å². The minimum atomic E-state index is 0.788. The lowest BCUT2D eigenvalue weighted by atomic mass is 9.93. The molecule has 2 rings (SSSR count). The third-order valence-corrected chi connectivity index (χ3v) is 2.62. The Morgan fingerprint density at radius 2 is 1.88 bits per heavy atom. The molecule has 0 atom stereocenters. The lowest BCUT2D eigenvalue weighted by Crippen LogP contribution is -2.23. The summed E-state index contributed by atoms with van der Waals surface area (Å²) in [5, 5.41) is 6.27. The molecule has 0 spiro atoms. The van der Waals surface area contributed by atoms with Crippen molar-refractivity contribution in [1.29, 1.82) is 0 Å². The fourth-order valence-electron chi connectivity index (χ4n) is 1.36. The Morgan fingerprint density at radius 1 is 1.19 bits per heavy atom. The molecule has 0 unspecified atom stereocenters. The van der Waals surface area contributed by atoms with Gasteiger partial charge in [0.25, 0.3) is 7.41 Å². The summed E-state index contributed by atoms with van der Waals surface area (Å²) < 4.78 is 0. The molecule has 6 N–H and O–H groups in total. The summed E-state index contributed by atoms with van der Waals surface area (Å²) in [7, 11) is 1.49. The van der Waals surface area contributed by atoms with Crippen LogP contribution >= 0.6 is 11.9 Å². The van der Waals surface area contributed by atoms with Gasteiger partial charge in [0, 0.05) is 24.6 Å². The van der Waals surface area contributed by atoms with Crippen LogP contribution in [-0.4, -0.2) is 27.4 Å². The normalized spacial score (nSPS) is 10.6. The van der Waals surface area contributed by atoms with Gasteiger partial charge in [0.15, 0.2) is 0 Å². The van der Waals surface area contributed by atoms with E-state index in [0.29, 0.717) is 0 Å². The third kappa shape index (κ3) is 2.66. The highest BCUT2D eigenvalue weighted by Crippen LogP contribution is 2.08. The predicted octanol–water partition coefficient (Wildman–Crippen LogP) is -0.913. The lowest BCUT2D eigenvalue weighted by Gasteiger charge is -1.94. The first-order chi connectivity index (χ1) is 7.81. The van der Waals surface area contributed by atoms with E-state index < -0.39 is 0 Å². The number of aryl methyl sites for hydroxylation is 2. The van der Waals surface area contributed by atoms with Gasteiger partial charge in [-0.1, -0.05) is 0 Å². The van der Waals surface area contributed by atoms with Crippen LogP contribution in [0.4, 0.5) is 0 Å². The average Bonchev–Trinajstić information content (AvgIpc) is 2.95. The van der Waals surface area contributed by atoms with Crippen LogP contribution in [0.25, 0.3) is 0 Å². The maximum atomic E-state index is 5.40. The maximum absolute atomic E-state index is 5.40. The van der Waals surface area contributed by atoms with Gasteiger partial charge in [0.2, 0.25) is 0 Å². The highest BCUT2D eigenvalue weighted by molar-refractivity contribution is 7.97. The Kier molecular flexibility index (Phi) is 3.65. The Labute approximate surface area is 98.0 Å². The Balaban J connectivity index is 1.91. The largest absolute Gasteiger partial charge is 0.369 e. The van der Waals surface area contributed by atoms with Crippen molar-refractivity contribution in [3.63, 3.8) is 0 Å². The molecular formula is C8H12BN6S. The van der Waals surface area contributed by atoms with E-state index in [1.807, 2.05) is 0 Å². The SMILES string of the molecule is N[B]c1cnc(CCc2ncc(SN)[nH]2)[nH]1. The van der Waals surface area contributed by atoms with Gasteiger partial charge >= 0.3 is 0 Å². The molecular weight excluding hydrogens is 223 g/mol. The van der Waals surface area contributed by atoms with Crippen molar-refractivity contribution < 1.29 is 0 Å². The number of H-pyrrole nitrogens is 2. The number of nitrogens with one attached hydrogen (secondary N) is 2. The molecule has 6 nitrogen and oxygen atoms in total. The van der Waals surface area contributed by atoms with Crippen LogP contribution in [0.3, 0.4) is 0 Å². The zero-order valence-electron chi connectivity index (χ0n) is 8.60. The van der Waals surface area contributed by atoms with E-state index in [1.165, 1.54) is 7.41 Å². The Bertz CT molecular complexity index is 411. The molecule has 0 fully saturated rings. The van der Waals surface area contributed by atoms with Crippen LogP contribution in [0, 0.1) is 0 Å². The van der Waals surface area contributed by atoms with Crippen molar-refractivity contribution in [3.05, 3.63) is 24.0 Å². The van der Waals surface area contributed by atoms with Gasteiger partial charge in [-0.15, -0.1) is 0 Å². The van der Waals surface area contributed by atoms with Gasteiger partial charge in [-0.05, 0) is 11.9 Å². The molecule has 83 valence electrons. The number of nitrogens with zero attached hydrogens (tertiary/aromatic N) is 2. The minimum absolute atomic E-state index is 0.788. The van der Waals surface area contributed by atoms with Gasteiger partial charge < -0.3 is 15.6 Å². The monoisotopic (exact) mass is 235 g/mol. The van der Waals surface area contributed by atoms with E-state index in [2.05, 4.69) is 19.9 Å². The van der Waals surface area contributed by atoms with Crippen LogP contribution in [0.2, 0.25) is 0 Å². The number of hydrogen-bond acceptors (Lipinski definition) is 5. The topological polar surface area (TPSA) is 109 Å². The highest BCUT2D eigenvalue weighted by Gasteiger charge is 2.03. The second-order valence-electron chi connectivity index (χ2n) is 3.26. The van der Waals surface area contributed by atoms with Gasteiger partial charge in [-0.25, -0.2) is 9.97 Å². The van der Waals surface area contributed by atoms with E-state index >= 15 is 0 Å². The van der Waals surface area contributed by atoms with Crippen LogP contribution in [-0.2, 0) is 12.8 Å². The molecule has 2 aromatic rings. The van der Waals surface area contributed by atoms with Crippen LogP contribution in [0.1, 0.15) is 11.6 Å². The molecule has 0 saturated carbocycles.